The van der Waals surface area contributed by atoms with Crippen molar-refractivity contribution in [2.75, 3.05) is 0 Å². The Kier molecular flexibility index (Phi) is 3.75. The second-order valence-electron chi connectivity index (χ2n) is 10.1. The molecular formula is C25H33N. The molecule has 0 aromatic carbocycles. The summed E-state index contributed by atoms with van der Waals surface area (Å²) in [4.78, 5) is 4.71. The van der Waals surface area contributed by atoms with Crippen LogP contribution in [-0.2, 0) is 0 Å². The maximum Gasteiger partial charge on any atom is 0.0664 e. The van der Waals surface area contributed by atoms with Gasteiger partial charge in [0.25, 0.3) is 0 Å². The Morgan fingerprint density at radius 3 is 2.62 bits per heavy atom. The SMILES string of the molecule is C[C@H]1CC[C@@]2(C)C(=CCC3C2CC[C@]2(C)C(c4ccccn4)=CCC32)C1. The van der Waals surface area contributed by atoms with E-state index in [1.54, 1.807) is 5.57 Å². The monoisotopic (exact) mass is 347 g/mol. The molecule has 3 unspecified atom stereocenters. The minimum atomic E-state index is 0.333. The van der Waals surface area contributed by atoms with E-state index in [1.807, 2.05) is 17.8 Å². The minimum absolute atomic E-state index is 0.333. The quantitative estimate of drug-likeness (QED) is 0.517. The molecule has 0 bridgehead atoms. The Morgan fingerprint density at radius 1 is 0.962 bits per heavy atom. The fourth-order valence-corrected chi connectivity index (χ4v) is 7.33. The summed E-state index contributed by atoms with van der Waals surface area (Å²) in [6.45, 7) is 7.61. The number of fused-ring (bicyclic) bond motifs is 5. The van der Waals surface area contributed by atoms with Crippen molar-refractivity contribution in [3.63, 3.8) is 0 Å². The molecule has 0 spiro atoms. The van der Waals surface area contributed by atoms with Gasteiger partial charge in [0.05, 0.1) is 5.69 Å². The summed E-state index contributed by atoms with van der Waals surface area (Å²) < 4.78 is 0. The molecule has 1 heterocycles. The Balaban J connectivity index is 1.48. The summed E-state index contributed by atoms with van der Waals surface area (Å²) in [6, 6.07) is 6.40. The van der Waals surface area contributed by atoms with Gasteiger partial charge in [-0.2, -0.15) is 0 Å². The highest BCUT2D eigenvalue weighted by atomic mass is 14.7. The van der Waals surface area contributed by atoms with Crippen molar-refractivity contribution in [2.24, 2.45) is 34.5 Å². The van der Waals surface area contributed by atoms with Crippen molar-refractivity contribution in [2.45, 2.75) is 65.7 Å². The van der Waals surface area contributed by atoms with E-state index in [1.165, 1.54) is 50.6 Å². The predicted octanol–water partition coefficient (Wildman–Crippen LogP) is 6.67. The van der Waals surface area contributed by atoms with Crippen molar-refractivity contribution >= 4 is 5.57 Å². The molecular weight excluding hydrogens is 314 g/mol. The maximum atomic E-state index is 4.71. The van der Waals surface area contributed by atoms with Crippen LogP contribution in [0.4, 0.5) is 0 Å². The van der Waals surface area contributed by atoms with Crippen LogP contribution in [0.15, 0.2) is 42.1 Å². The molecule has 4 aliphatic carbocycles. The maximum absolute atomic E-state index is 4.71. The number of aromatic nitrogens is 1. The van der Waals surface area contributed by atoms with Crippen LogP contribution in [0.3, 0.4) is 0 Å². The molecule has 0 N–H and O–H groups in total. The summed E-state index contributed by atoms with van der Waals surface area (Å²) in [6.07, 6.45) is 16.7. The lowest BCUT2D eigenvalue weighted by atomic mass is 9.47. The van der Waals surface area contributed by atoms with E-state index in [-0.39, 0.29) is 0 Å². The number of hydrogen-bond donors (Lipinski definition) is 0. The normalized spacial score (nSPS) is 44.4. The van der Waals surface area contributed by atoms with Crippen LogP contribution in [-0.4, -0.2) is 4.98 Å². The molecule has 0 radical (unpaired) electrons. The van der Waals surface area contributed by atoms with Crippen molar-refractivity contribution in [3.05, 3.63) is 47.8 Å². The van der Waals surface area contributed by atoms with Gasteiger partial charge in [0.15, 0.2) is 0 Å². The van der Waals surface area contributed by atoms with Gasteiger partial charge in [0.2, 0.25) is 0 Å². The molecule has 1 aromatic rings. The molecule has 2 saturated carbocycles. The van der Waals surface area contributed by atoms with E-state index in [4.69, 9.17) is 4.98 Å². The third-order valence-corrected chi connectivity index (χ3v) is 8.87. The first-order valence-electron chi connectivity index (χ1n) is 10.8. The van der Waals surface area contributed by atoms with E-state index in [2.05, 4.69) is 45.1 Å². The summed E-state index contributed by atoms with van der Waals surface area (Å²) in [5, 5.41) is 0. The molecule has 0 saturated heterocycles. The fourth-order valence-electron chi connectivity index (χ4n) is 7.33. The highest BCUT2D eigenvalue weighted by Crippen LogP contribution is 2.66. The number of pyridine rings is 1. The molecule has 1 aromatic heterocycles. The summed E-state index contributed by atoms with van der Waals surface area (Å²) in [5.41, 5.74) is 5.40. The van der Waals surface area contributed by atoms with Gasteiger partial charge in [-0.1, -0.05) is 44.6 Å². The topological polar surface area (TPSA) is 12.9 Å². The number of hydrogen-bond acceptors (Lipinski definition) is 1. The van der Waals surface area contributed by atoms with Crippen molar-refractivity contribution in [3.8, 4) is 0 Å². The zero-order chi connectivity index (χ0) is 17.9. The van der Waals surface area contributed by atoms with Crippen molar-refractivity contribution < 1.29 is 0 Å². The van der Waals surface area contributed by atoms with Crippen LogP contribution in [0.25, 0.3) is 5.57 Å². The smallest absolute Gasteiger partial charge is 0.0664 e. The first-order chi connectivity index (χ1) is 12.5. The highest BCUT2D eigenvalue weighted by molar-refractivity contribution is 5.70. The minimum Gasteiger partial charge on any atom is -0.257 e. The number of nitrogens with zero attached hydrogens (tertiary/aromatic N) is 1. The lowest BCUT2D eigenvalue weighted by Gasteiger charge is -2.57. The van der Waals surface area contributed by atoms with Crippen LogP contribution >= 0.6 is 0 Å². The summed E-state index contributed by atoms with van der Waals surface area (Å²) in [5.74, 6) is 3.48. The van der Waals surface area contributed by atoms with Gasteiger partial charge >= 0.3 is 0 Å². The Labute approximate surface area is 159 Å². The van der Waals surface area contributed by atoms with Gasteiger partial charge < -0.3 is 0 Å². The molecule has 0 aliphatic heterocycles. The van der Waals surface area contributed by atoms with Crippen LogP contribution in [0, 0.1) is 34.5 Å². The van der Waals surface area contributed by atoms with Gasteiger partial charge in [-0.25, -0.2) is 0 Å². The van der Waals surface area contributed by atoms with Gasteiger partial charge in [-0.15, -0.1) is 0 Å². The predicted molar refractivity (Wildman–Crippen MR) is 108 cm³/mol. The zero-order valence-electron chi connectivity index (χ0n) is 16.7. The molecule has 1 nitrogen and oxygen atoms in total. The van der Waals surface area contributed by atoms with E-state index >= 15 is 0 Å². The summed E-state index contributed by atoms with van der Waals surface area (Å²) in [7, 11) is 0. The van der Waals surface area contributed by atoms with Gasteiger partial charge in [-0.3, -0.25) is 4.98 Å². The first kappa shape index (κ1) is 16.8. The molecule has 4 aliphatic rings. The second kappa shape index (κ2) is 5.81. The largest absolute Gasteiger partial charge is 0.257 e. The van der Waals surface area contributed by atoms with Gasteiger partial charge in [-0.05, 0) is 97.2 Å². The fraction of sp³-hybridized carbons (Fsp3) is 0.640. The van der Waals surface area contributed by atoms with Crippen LogP contribution in [0.1, 0.15) is 71.4 Å². The standard InChI is InChI=1S/C25H33N/c1-17-11-13-24(2)18(16-17)7-8-19-20-9-10-22(23-6-4-5-15-26-23)25(20,3)14-12-21(19)24/h4-7,10,15,17,19-21H,8-9,11-14,16H2,1-3H3/t17-,19?,20?,21?,24-,25-/m0/s1. The van der Waals surface area contributed by atoms with Crippen molar-refractivity contribution in [1.29, 1.82) is 0 Å². The first-order valence-corrected chi connectivity index (χ1v) is 10.8. The average Bonchev–Trinajstić information content (AvgIpc) is 3.00. The van der Waals surface area contributed by atoms with E-state index in [9.17, 15) is 0 Å². The van der Waals surface area contributed by atoms with Crippen LogP contribution in [0.2, 0.25) is 0 Å². The molecule has 138 valence electrons. The molecule has 26 heavy (non-hydrogen) atoms. The molecule has 1 heteroatoms. The Hall–Kier alpha value is -1.37. The third kappa shape index (κ3) is 2.25. The number of allylic oxidation sites excluding steroid dienone is 4. The third-order valence-electron chi connectivity index (χ3n) is 8.87. The van der Waals surface area contributed by atoms with Gasteiger partial charge in [0.1, 0.15) is 0 Å². The van der Waals surface area contributed by atoms with Crippen LogP contribution < -0.4 is 0 Å². The lowest BCUT2D eigenvalue weighted by Crippen LogP contribution is -2.49. The Bertz CT molecular complexity index is 760. The molecule has 6 atom stereocenters. The van der Waals surface area contributed by atoms with E-state index < -0.39 is 0 Å². The second-order valence-corrected chi connectivity index (χ2v) is 10.1. The Morgan fingerprint density at radius 2 is 1.81 bits per heavy atom. The van der Waals surface area contributed by atoms with Gasteiger partial charge in [0, 0.05) is 6.20 Å². The molecule has 5 rings (SSSR count). The van der Waals surface area contributed by atoms with Crippen molar-refractivity contribution in [1.82, 2.24) is 4.98 Å². The van der Waals surface area contributed by atoms with E-state index in [0.29, 0.717) is 10.8 Å². The van der Waals surface area contributed by atoms with Crippen LogP contribution in [0.5, 0.6) is 0 Å². The average molecular weight is 348 g/mol. The molecule has 0 amide bonds. The highest BCUT2D eigenvalue weighted by Gasteiger charge is 2.56. The summed E-state index contributed by atoms with van der Waals surface area (Å²) >= 11 is 0. The lowest BCUT2D eigenvalue weighted by molar-refractivity contribution is -0.0138. The molecule has 2 fully saturated rings. The van der Waals surface area contributed by atoms with E-state index in [0.717, 1.165) is 23.7 Å². The number of rotatable bonds is 1. The zero-order valence-corrected chi connectivity index (χ0v) is 16.7.